The van der Waals surface area contributed by atoms with Crippen molar-refractivity contribution in [3.8, 4) is 5.88 Å². The molecule has 2 aromatic rings. The van der Waals surface area contributed by atoms with E-state index in [1.165, 1.54) is 29.1 Å². The van der Waals surface area contributed by atoms with E-state index in [0.29, 0.717) is 17.7 Å². The second kappa shape index (κ2) is 5.33. The number of rotatable bonds is 4. The molecule has 0 amide bonds. The van der Waals surface area contributed by atoms with Gasteiger partial charge in [0.15, 0.2) is 15.6 Å². The van der Waals surface area contributed by atoms with Crippen LogP contribution in [0.5, 0.6) is 5.88 Å². The van der Waals surface area contributed by atoms with Crippen molar-refractivity contribution >= 4 is 15.6 Å². The van der Waals surface area contributed by atoms with Gasteiger partial charge in [-0.05, 0) is 37.6 Å². The largest absolute Gasteiger partial charge is 0.493 e. The van der Waals surface area contributed by atoms with Gasteiger partial charge in [-0.1, -0.05) is 0 Å². The summed E-state index contributed by atoms with van der Waals surface area (Å²) in [7, 11) is -3.32. The van der Waals surface area contributed by atoms with Crippen LogP contribution >= 0.6 is 0 Å². The molecule has 1 heterocycles. The minimum atomic E-state index is -3.32. The lowest BCUT2D eigenvalue weighted by atomic mass is 10.0. The molecule has 6 nitrogen and oxygen atoms in total. The number of carbonyl (C=O) groups is 1. The maximum absolute atomic E-state index is 12.4. The lowest BCUT2D eigenvalue weighted by Gasteiger charge is -2.06. The third-order valence-electron chi connectivity index (χ3n) is 3.23. The van der Waals surface area contributed by atoms with Crippen molar-refractivity contribution in [1.82, 2.24) is 9.78 Å². The van der Waals surface area contributed by atoms with Gasteiger partial charge in [0.2, 0.25) is 5.88 Å². The van der Waals surface area contributed by atoms with Crippen LogP contribution in [0.15, 0.2) is 29.3 Å². The molecule has 1 aromatic carbocycles. The van der Waals surface area contributed by atoms with Gasteiger partial charge in [-0.25, -0.2) is 13.1 Å². The molecule has 7 heteroatoms. The number of aromatic nitrogens is 2. The highest BCUT2D eigenvalue weighted by Crippen LogP contribution is 2.23. The zero-order valence-corrected chi connectivity index (χ0v) is 12.8. The molecular weight excluding hydrogens is 292 g/mol. The monoisotopic (exact) mass is 308 g/mol. The first-order valence-electron chi connectivity index (χ1n) is 6.36. The van der Waals surface area contributed by atoms with Crippen LogP contribution in [0, 0.1) is 6.92 Å². The topological polar surface area (TPSA) is 89.3 Å². The summed E-state index contributed by atoms with van der Waals surface area (Å²) in [6, 6.07) is 4.29. The molecule has 0 saturated heterocycles. The second-order valence-electron chi connectivity index (χ2n) is 4.78. The number of nitrogens with zero attached hydrogens (tertiary/aromatic N) is 2. The van der Waals surface area contributed by atoms with Crippen LogP contribution in [0.2, 0.25) is 0 Å². The Kier molecular flexibility index (Phi) is 3.87. The normalized spacial score (nSPS) is 11.6. The van der Waals surface area contributed by atoms with Gasteiger partial charge in [0.25, 0.3) is 0 Å². The Balaban J connectivity index is 2.47. The first-order valence-corrected chi connectivity index (χ1v) is 8.25. The van der Waals surface area contributed by atoms with Gasteiger partial charge in [0, 0.05) is 18.4 Å². The van der Waals surface area contributed by atoms with Crippen LogP contribution < -0.4 is 0 Å². The lowest BCUT2D eigenvalue weighted by Crippen LogP contribution is -2.06. The third-order valence-corrected chi connectivity index (χ3v) is 4.34. The van der Waals surface area contributed by atoms with E-state index in [-0.39, 0.29) is 22.1 Å². The first kappa shape index (κ1) is 15.2. The molecule has 0 aliphatic heterocycles. The van der Waals surface area contributed by atoms with Gasteiger partial charge in [0.1, 0.15) is 5.56 Å². The van der Waals surface area contributed by atoms with E-state index in [2.05, 4.69) is 5.10 Å². The van der Waals surface area contributed by atoms with E-state index in [9.17, 15) is 18.3 Å². The maximum atomic E-state index is 12.4. The van der Waals surface area contributed by atoms with Crippen molar-refractivity contribution in [2.45, 2.75) is 25.3 Å². The molecule has 0 saturated carbocycles. The van der Waals surface area contributed by atoms with Gasteiger partial charge >= 0.3 is 0 Å². The number of aryl methyl sites for hydroxylation is 2. The summed E-state index contributed by atoms with van der Waals surface area (Å²) < 4.78 is 24.3. The quantitative estimate of drug-likeness (QED) is 0.866. The number of hydrogen-bond donors (Lipinski definition) is 1. The Bertz CT molecular complexity index is 806. The van der Waals surface area contributed by atoms with E-state index in [4.69, 9.17) is 0 Å². The standard InChI is InChI=1S/C14H16N2O4S/c1-4-16-14(18)12(8-15-16)13(17)11-6-5-10(7-9(11)2)21(3,19)20/h5-8,18H,4H2,1-3H3. The molecule has 0 aliphatic carbocycles. The van der Waals surface area contributed by atoms with Crippen LogP contribution in [-0.2, 0) is 16.4 Å². The molecule has 0 aliphatic rings. The Morgan fingerprint density at radius 1 is 1.33 bits per heavy atom. The number of hydrogen-bond acceptors (Lipinski definition) is 5. The SMILES string of the molecule is CCn1ncc(C(=O)c2ccc(S(C)(=O)=O)cc2C)c1O. The predicted molar refractivity (Wildman–Crippen MR) is 77.3 cm³/mol. The molecule has 0 radical (unpaired) electrons. The van der Waals surface area contributed by atoms with Crippen molar-refractivity contribution < 1.29 is 18.3 Å². The van der Waals surface area contributed by atoms with Crippen molar-refractivity contribution in [1.29, 1.82) is 0 Å². The van der Waals surface area contributed by atoms with E-state index >= 15 is 0 Å². The number of ketones is 1. The molecular formula is C14H16N2O4S. The lowest BCUT2D eigenvalue weighted by molar-refractivity contribution is 0.103. The van der Waals surface area contributed by atoms with Gasteiger partial charge < -0.3 is 5.11 Å². The van der Waals surface area contributed by atoms with Gasteiger partial charge in [-0.2, -0.15) is 5.10 Å². The summed E-state index contributed by atoms with van der Waals surface area (Å²) in [6.45, 7) is 3.90. The van der Waals surface area contributed by atoms with Crippen LogP contribution in [-0.4, -0.2) is 35.3 Å². The van der Waals surface area contributed by atoms with E-state index in [0.717, 1.165) is 6.26 Å². The molecule has 0 bridgehead atoms. The van der Waals surface area contributed by atoms with Crippen LogP contribution in [0.25, 0.3) is 0 Å². The second-order valence-corrected chi connectivity index (χ2v) is 6.79. The van der Waals surface area contributed by atoms with Crippen molar-refractivity contribution in [3.63, 3.8) is 0 Å². The van der Waals surface area contributed by atoms with Gasteiger partial charge in [-0.3, -0.25) is 4.79 Å². The zero-order valence-electron chi connectivity index (χ0n) is 12.0. The highest BCUT2D eigenvalue weighted by atomic mass is 32.2. The van der Waals surface area contributed by atoms with Crippen LogP contribution in [0.4, 0.5) is 0 Å². The average molecular weight is 308 g/mol. The number of carbonyl (C=O) groups excluding carboxylic acids is 1. The molecule has 0 spiro atoms. The molecule has 2 rings (SSSR count). The number of aromatic hydroxyl groups is 1. The molecule has 21 heavy (non-hydrogen) atoms. The highest BCUT2D eigenvalue weighted by molar-refractivity contribution is 7.90. The maximum Gasteiger partial charge on any atom is 0.220 e. The Morgan fingerprint density at radius 3 is 2.48 bits per heavy atom. The fraction of sp³-hybridized carbons (Fsp3) is 0.286. The highest BCUT2D eigenvalue weighted by Gasteiger charge is 2.20. The Hall–Kier alpha value is -2.15. The summed E-state index contributed by atoms with van der Waals surface area (Å²) in [5.74, 6) is -0.571. The van der Waals surface area contributed by atoms with Crippen molar-refractivity contribution in [2.24, 2.45) is 0 Å². The summed E-state index contributed by atoms with van der Waals surface area (Å²) >= 11 is 0. The average Bonchev–Trinajstić information content (AvgIpc) is 2.78. The summed E-state index contributed by atoms with van der Waals surface area (Å²) in [6.07, 6.45) is 2.42. The first-order chi connectivity index (χ1) is 9.75. The Morgan fingerprint density at radius 2 is 2.00 bits per heavy atom. The van der Waals surface area contributed by atoms with E-state index < -0.39 is 9.84 Å². The summed E-state index contributed by atoms with van der Waals surface area (Å²) in [5, 5.41) is 13.8. The van der Waals surface area contributed by atoms with Crippen molar-refractivity contribution in [3.05, 3.63) is 41.1 Å². The molecule has 0 unspecified atom stereocenters. The Labute approximate surface area is 123 Å². The minimum absolute atomic E-state index is 0.104. The number of sulfone groups is 1. The van der Waals surface area contributed by atoms with Crippen LogP contribution in [0.1, 0.15) is 28.4 Å². The number of benzene rings is 1. The molecule has 0 atom stereocenters. The van der Waals surface area contributed by atoms with E-state index in [1.54, 1.807) is 13.8 Å². The van der Waals surface area contributed by atoms with Gasteiger partial charge in [-0.15, -0.1) is 0 Å². The molecule has 0 fully saturated rings. The fourth-order valence-electron chi connectivity index (χ4n) is 2.04. The van der Waals surface area contributed by atoms with Gasteiger partial charge in [0.05, 0.1) is 11.1 Å². The summed E-state index contributed by atoms with van der Waals surface area (Å²) in [4.78, 5) is 12.6. The fourth-order valence-corrected chi connectivity index (χ4v) is 2.74. The minimum Gasteiger partial charge on any atom is -0.493 e. The smallest absolute Gasteiger partial charge is 0.220 e. The zero-order chi connectivity index (χ0) is 15.8. The molecule has 112 valence electrons. The third kappa shape index (κ3) is 2.82. The molecule has 1 aromatic heterocycles. The summed E-state index contributed by atoms with van der Waals surface area (Å²) in [5.41, 5.74) is 0.979. The van der Waals surface area contributed by atoms with Crippen LogP contribution in [0.3, 0.4) is 0 Å². The van der Waals surface area contributed by atoms with Crippen molar-refractivity contribution in [2.75, 3.05) is 6.26 Å². The van der Waals surface area contributed by atoms with E-state index in [1.807, 2.05) is 0 Å². The molecule has 1 N–H and O–H groups in total. The predicted octanol–water partition coefficient (Wildman–Crippen LogP) is 1.55.